The third-order valence-electron chi connectivity index (χ3n) is 3.42. The number of hydrogen-bond acceptors (Lipinski definition) is 5. The van der Waals surface area contributed by atoms with Crippen molar-refractivity contribution in [2.45, 2.75) is 6.54 Å². The Kier molecular flexibility index (Phi) is 3.42. The van der Waals surface area contributed by atoms with Crippen LogP contribution < -0.4 is 10.6 Å². The third kappa shape index (κ3) is 2.35. The Labute approximate surface area is 127 Å². The van der Waals surface area contributed by atoms with E-state index in [1.54, 1.807) is 24.5 Å². The molecule has 0 atom stereocenters. The first-order chi connectivity index (χ1) is 10.5. The van der Waals surface area contributed by atoms with Crippen molar-refractivity contribution in [3.05, 3.63) is 46.4 Å². The highest BCUT2D eigenvalue weighted by molar-refractivity contribution is 5.89. The van der Waals surface area contributed by atoms with Crippen molar-refractivity contribution in [1.29, 1.82) is 0 Å². The van der Waals surface area contributed by atoms with Crippen LogP contribution in [0.4, 0.5) is 0 Å². The highest BCUT2D eigenvalue weighted by Gasteiger charge is 2.17. The van der Waals surface area contributed by atoms with Crippen molar-refractivity contribution in [3.8, 4) is 11.5 Å². The van der Waals surface area contributed by atoms with E-state index in [1.807, 2.05) is 19.0 Å². The van der Waals surface area contributed by atoms with Gasteiger partial charge >= 0.3 is 0 Å². The molecule has 5 heteroatoms. The second-order valence-electron chi connectivity index (χ2n) is 5.45. The van der Waals surface area contributed by atoms with Gasteiger partial charge in [-0.2, -0.15) is 0 Å². The fourth-order valence-corrected chi connectivity index (χ4v) is 2.46. The molecule has 0 unspecified atom stereocenters. The van der Waals surface area contributed by atoms with E-state index in [0.717, 1.165) is 0 Å². The minimum atomic E-state index is -0.00333. The summed E-state index contributed by atoms with van der Waals surface area (Å²) in [5.74, 6) is 0.666. The van der Waals surface area contributed by atoms with Gasteiger partial charge in [-0.1, -0.05) is 6.58 Å². The Morgan fingerprint density at radius 1 is 1.32 bits per heavy atom. The summed E-state index contributed by atoms with van der Waals surface area (Å²) in [5.41, 5.74) is 1.33. The van der Waals surface area contributed by atoms with Gasteiger partial charge in [0, 0.05) is 12.6 Å². The number of rotatable bonds is 3. The maximum Gasteiger partial charge on any atom is 0.173 e. The Balaban J connectivity index is 2.33. The van der Waals surface area contributed by atoms with Crippen molar-refractivity contribution in [2.75, 3.05) is 14.1 Å². The molecule has 0 spiro atoms. The van der Waals surface area contributed by atoms with Gasteiger partial charge in [0.2, 0.25) is 0 Å². The Morgan fingerprint density at radius 3 is 2.73 bits per heavy atom. The fourth-order valence-electron chi connectivity index (χ4n) is 2.46. The molecule has 0 fully saturated rings. The number of aromatic hydroxyl groups is 2. The fraction of sp³-hybridized carbons (Fsp3) is 0.176. The number of phenols is 1. The van der Waals surface area contributed by atoms with E-state index in [9.17, 15) is 10.2 Å². The van der Waals surface area contributed by atoms with E-state index in [4.69, 9.17) is 8.83 Å². The van der Waals surface area contributed by atoms with Gasteiger partial charge in [-0.3, -0.25) is 0 Å². The number of fused-ring (bicyclic) bond motifs is 1. The summed E-state index contributed by atoms with van der Waals surface area (Å²) in [6, 6.07) is 5.05. The van der Waals surface area contributed by atoms with Crippen LogP contribution in [0, 0.1) is 0 Å². The zero-order valence-corrected chi connectivity index (χ0v) is 12.5. The lowest BCUT2D eigenvalue weighted by molar-refractivity contribution is 0.383. The van der Waals surface area contributed by atoms with Gasteiger partial charge < -0.3 is 23.9 Å². The lowest BCUT2D eigenvalue weighted by Gasteiger charge is -2.11. The van der Waals surface area contributed by atoms with Gasteiger partial charge in [0.15, 0.2) is 11.2 Å². The number of nitrogens with zero attached hydrogens (tertiary/aromatic N) is 1. The Morgan fingerprint density at radius 2 is 2.09 bits per heavy atom. The maximum absolute atomic E-state index is 10.4. The Hall–Kier alpha value is -2.66. The van der Waals surface area contributed by atoms with E-state index in [-0.39, 0.29) is 16.9 Å². The molecule has 1 aromatic carbocycles. The predicted octanol–water partition coefficient (Wildman–Crippen LogP) is 1.74. The largest absolute Gasteiger partial charge is 0.507 e. The van der Waals surface area contributed by atoms with Crippen LogP contribution in [0.25, 0.3) is 23.6 Å². The monoisotopic (exact) mass is 299 g/mol. The lowest BCUT2D eigenvalue weighted by Crippen LogP contribution is -2.12. The molecule has 22 heavy (non-hydrogen) atoms. The minimum Gasteiger partial charge on any atom is -0.507 e. The van der Waals surface area contributed by atoms with Crippen LogP contribution in [0.3, 0.4) is 0 Å². The quantitative estimate of drug-likeness (QED) is 0.771. The second-order valence-corrected chi connectivity index (χ2v) is 5.45. The molecule has 3 rings (SSSR count). The summed E-state index contributed by atoms with van der Waals surface area (Å²) in [6.07, 6.45) is 3.15. The first-order valence-corrected chi connectivity index (χ1v) is 6.82. The predicted molar refractivity (Wildman–Crippen MR) is 84.0 cm³/mol. The maximum atomic E-state index is 10.4. The molecule has 0 aliphatic carbocycles. The number of phenolic OH excluding ortho intramolecular Hbond substituents is 1. The smallest absolute Gasteiger partial charge is 0.173 e. The van der Waals surface area contributed by atoms with Crippen molar-refractivity contribution in [3.63, 3.8) is 0 Å². The van der Waals surface area contributed by atoms with Gasteiger partial charge in [-0.05, 0) is 37.5 Å². The van der Waals surface area contributed by atoms with Gasteiger partial charge in [-0.25, -0.2) is 0 Å². The molecule has 3 aromatic rings. The third-order valence-corrected chi connectivity index (χ3v) is 3.42. The molecular weight excluding hydrogens is 282 g/mol. The van der Waals surface area contributed by atoms with E-state index in [1.165, 1.54) is 6.07 Å². The van der Waals surface area contributed by atoms with Crippen LogP contribution in [0.5, 0.6) is 11.5 Å². The average Bonchev–Trinajstić information content (AvgIpc) is 3.04. The summed E-state index contributed by atoms with van der Waals surface area (Å²) in [7, 11) is 3.78. The SMILES string of the molecule is C=c1cc(O)c(CN(C)C)c2o/c(=C\c3ccco3)c(O)c12. The summed E-state index contributed by atoms with van der Waals surface area (Å²) in [5, 5.41) is 21.6. The van der Waals surface area contributed by atoms with Crippen LogP contribution in [0.1, 0.15) is 11.3 Å². The molecule has 0 bridgehead atoms. The lowest BCUT2D eigenvalue weighted by atomic mass is 10.1. The van der Waals surface area contributed by atoms with E-state index >= 15 is 0 Å². The summed E-state index contributed by atoms with van der Waals surface area (Å²) >= 11 is 0. The summed E-state index contributed by atoms with van der Waals surface area (Å²) < 4.78 is 11.0. The molecule has 0 aliphatic heterocycles. The van der Waals surface area contributed by atoms with Crippen molar-refractivity contribution < 1.29 is 19.0 Å². The van der Waals surface area contributed by atoms with Crippen LogP contribution in [0.2, 0.25) is 0 Å². The van der Waals surface area contributed by atoms with Gasteiger partial charge in [-0.15, -0.1) is 0 Å². The molecule has 0 saturated carbocycles. The first-order valence-electron chi connectivity index (χ1n) is 6.82. The minimum absolute atomic E-state index is 0.00333. The van der Waals surface area contributed by atoms with Gasteiger partial charge in [0.1, 0.15) is 17.1 Å². The highest BCUT2D eigenvalue weighted by atomic mass is 16.4. The second kappa shape index (κ2) is 5.27. The zero-order valence-electron chi connectivity index (χ0n) is 12.5. The van der Waals surface area contributed by atoms with Gasteiger partial charge in [0.05, 0.1) is 17.2 Å². The summed E-state index contributed by atoms with van der Waals surface area (Å²) in [4.78, 5) is 1.91. The molecule has 2 N–H and O–H groups in total. The molecule has 5 nitrogen and oxygen atoms in total. The van der Waals surface area contributed by atoms with Crippen molar-refractivity contribution in [1.82, 2.24) is 4.90 Å². The van der Waals surface area contributed by atoms with Crippen LogP contribution in [-0.4, -0.2) is 29.2 Å². The number of benzene rings is 1. The van der Waals surface area contributed by atoms with Crippen LogP contribution in [-0.2, 0) is 6.54 Å². The van der Waals surface area contributed by atoms with Gasteiger partial charge in [0.25, 0.3) is 0 Å². The first kappa shape index (κ1) is 14.3. The standard InChI is InChI=1S/C17H17NO4/c1-10-7-13(19)12(9-18(2)3)17-15(10)16(20)14(22-17)8-11-5-4-6-21-11/h4-8,19-20H,1,9H2,2-3H3/b14-8-. The topological polar surface area (TPSA) is 70.0 Å². The average molecular weight is 299 g/mol. The molecule has 2 aromatic heterocycles. The van der Waals surface area contributed by atoms with E-state index in [0.29, 0.717) is 34.1 Å². The normalized spacial score (nSPS) is 12.6. The van der Waals surface area contributed by atoms with Crippen LogP contribution >= 0.6 is 0 Å². The Bertz CT molecular complexity index is 920. The summed E-state index contributed by atoms with van der Waals surface area (Å²) in [6.45, 7) is 4.35. The van der Waals surface area contributed by atoms with Crippen molar-refractivity contribution >= 4 is 23.6 Å². The van der Waals surface area contributed by atoms with E-state index in [2.05, 4.69) is 6.58 Å². The molecule has 0 amide bonds. The molecule has 0 saturated heterocycles. The molecule has 114 valence electrons. The zero-order chi connectivity index (χ0) is 15.9. The molecule has 0 aliphatic rings. The number of hydrogen-bond donors (Lipinski definition) is 2. The number of furan rings is 2. The van der Waals surface area contributed by atoms with E-state index < -0.39 is 0 Å². The molecule has 0 radical (unpaired) electrons. The molecule has 2 heterocycles. The highest BCUT2D eigenvalue weighted by Crippen LogP contribution is 2.29. The van der Waals surface area contributed by atoms with Crippen molar-refractivity contribution in [2.24, 2.45) is 0 Å². The van der Waals surface area contributed by atoms with Crippen LogP contribution in [0.15, 0.2) is 33.3 Å². The molecular formula is C17H17NO4.